The van der Waals surface area contributed by atoms with Gasteiger partial charge in [0.05, 0.1) is 17.3 Å². The number of carbonyl (C=O) groups excluding carboxylic acids is 2. The zero-order valence-electron chi connectivity index (χ0n) is 19.3. The number of fused-ring (bicyclic) bond motifs is 1. The van der Waals surface area contributed by atoms with Crippen molar-refractivity contribution in [1.29, 1.82) is 0 Å². The number of carbonyl (C=O) groups is 2. The number of amides is 2. The van der Waals surface area contributed by atoms with E-state index in [0.29, 0.717) is 23.4 Å². The topological polar surface area (TPSA) is 67.4 Å². The fourth-order valence-corrected chi connectivity index (χ4v) is 3.83. The van der Waals surface area contributed by atoms with Gasteiger partial charge in [-0.1, -0.05) is 79.7 Å². The molecule has 0 radical (unpaired) electrons. The van der Waals surface area contributed by atoms with Crippen LogP contribution in [0.4, 0.5) is 5.69 Å². The summed E-state index contributed by atoms with van der Waals surface area (Å²) in [5, 5.41) is 8.05. The minimum absolute atomic E-state index is 0.169. The second-order valence-electron chi connectivity index (χ2n) is 8.16. The van der Waals surface area contributed by atoms with Gasteiger partial charge in [0.25, 0.3) is 11.8 Å². The Labute approximate surface area is 199 Å². The highest BCUT2D eigenvalue weighted by molar-refractivity contribution is 6.04. The molecule has 4 aromatic carbocycles. The Morgan fingerprint density at radius 1 is 0.824 bits per heavy atom. The van der Waals surface area contributed by atoms with Gasteiger partial charge in [0.15, 0.2) is 6.10 Å². The van der Waals surface area contributed by atoms with E-state index in [2.05, 4.69) is 10.6 Å². The maximum absolute atomic E-state index is 13.1. The summed E-state index contributed by atoms with van der Waals surface area (Å²) in [5.41, 5.74) is 1.86. The first kappa shape index (κ1) is 23.1. The maximum Gasteiger partial charge on any atom is 0.265 e. The van der Waals surface area contributed by atoms with Crippen molar-refractivity contribution in [2.75, 3.05) is 5.32 Å². The molecule has 0 saturated heterocycles. The van der Waals surface area contributed by atoms with E-state index >= 15 is 0 Å². The highest BCUT2D eigenvalue weighted by Crippen LogP contribution is 2.23. The third kappa shape index (κ3) is 5.44. The van der Waals surface area contributed by atoms with E-state index in [1.54, 1.807) is 24.3 Å². The Morgan fingerprint density at radius 2 is 1.50 bits per heavy atom. The van der Waals surface area contributed by atoms with Crippen LogP contribution in [0.15, 0.2) is 97.1 Å². The van der Waals surface area contributed by atoms with Crippen molar-refractivity contribution in [2.24, 2.45) is 0 Å². The fourth-order valence-electron chi connectivity index (χ4n) is 3.83. The van der Waals surface area contributed by atoms with Crippen molar-refractivity contribution in [1.82, 2.24) is 5.32 Å². The number of para-hydroxylation sites is 1. The summed E-state index contributed by atoms with van der Waals surface area (Å²) in [6.07, 6.45) is -0.210. The third-order valence-electron chi connectivity index (χ3n) is 5.74. The zero-order chi connectivity index (χ0) is 23.9. The van der Waals surface area contributed by atoms with Crippen LogP contribution < -0.4 is 15.4 Å². The molecule has 0 aliphatic rings. The lowest BCUT2D eigenvalue weighted by molar-refractivity contribution is -0.122. The van der Waals surface area contributed by atoms with Crippen LogP contribution in [-0.4, -0.2) is 17.9 Å². The predicted molar refractivity (Wildman–Crippen MR) is 136 cm³/mol. The van der Waals surface area contributed by atoms with Crippen molar-refractivity contribution in [3.63, 3.8) is 0 Å². The highest BCUT2D eigenvalue weighted by Gasteiger charge is 2.22. The summed E-state index contributed by atoms with van der Waals surface area (Å²) in [5.74, 6) is 0.0752. The monoisotopic (exact) mass is 452 g/mol. The summed E-state index contributed by atoms with van der Waals surface area (Å²) < 4.78 is 6.02. The van der Waals surface area contributed by atoms with Gasteiger partial charge in [-0.05, 0) is 53.9 Å². The molecule has 0 unspecified atom stereocenters. The van der Waals surface area contributed by atoms with Gasteiger partial charge in [-0.2, -0.15) is 0 Å². The van der Waals surface area contributed by atoms with Crippen molar-refractivity contribution in [3.8, 4) is 5.75 Å². The Bertz CT molecular complexity index is 1290. The van der Waals surface area contributed by atoms with Crippen LogP contribution in [0.2, 0.25) is 0 Å². The van der Waals surface area contributed by atoms with Crippen LogP contribution in [-0.2, 0) is 4.79 Å². The van der Waals surface area contributed by atoms with Crippen molar-refractivity contribution >= 4 is 28.3 Å². The molecule has 2 atom stereocenters. The number of benzene rings is 4. The molecular formula is C29H28N2O3. The molecule has 0 spiro atoms. The van der Waals surface area contributed by atoms with Gasteiger partial charge < -0.3 is 15.4 Å². The van der Waals surface area contributed by atoms with E-state index < -0.39 is 6.10 Å². The van der Waals surface area contributed by atoms with Crippen LogP contribution in [0.1, 0.15) is 42.2 Å². The first-order valence-corrected chi connectivity index (χ1v) is 11.5. The fraction of sp³-hybridized carbons (Fsp3) is 0.172. The summed E-state index contributed by atoms with van der Waals surface area (Å²) in [6.45, 7) is 3.82. The lowest BCUT2D eigenvalue weighted by atomic mass is 10.1. The van der Waals surface area contributed by atoms with Crippen LogP contribution in [0, 0.1) is 0 Å². The Balaban J connectivity index is 1.46. The Kier molecular flexibility index (Phi) is 7.23. The minimum atomic E-state index is -0.694. The zero-order valence-corrected chi connectivity index (χ0v) is 19.3. The van der Waals surface area contributed by atoms with Crippen molar-refractivity contribution in [3.05, 3.63) is 108 Å². The number of hydrogen-bond donors (Lipinski definition) is 2. The van der Waals surface area contributed by atoms with Crippen LogP contribution in [0.5, 0.6) is 5.75 Å². The Hall–Kier alpha value is -4.12. The lowest BCUT2D eigenvalue weighted by Gasteiger charge is -2.20. The summed E-state index contributed by atoms with van der Waals surface area (Å²) in [4.78, 5) is 26.1. The number of rotatable bonds is 8. The van der Waals surface area contributed by atoms with Crippen molar-refractivity contribution in [2.45, 2.75) is 32.4 Å². The van der Waals surface area contributed by atoms with E-state index in [1.807, 2.05) is 86.6 Å². The van der Waals surface area contributed by atoms with E-state index in [4.69, 9.17) is 4.74 Å². The predicted octanol–water partition coefficient (Wildman–Crippen LogP) is 6.13. The van der Waals surface area contributed by atoms with Gasteiger partial charge in [0.2, 0.25) is 0 Å². The van der Waals surface area contributed by atoms with Gasteiger partial charge in [-0.3, -0.25) is 9.59 Å². The normalized spacial score (nSPS) is 12.5. The lowest BCUT2D eigenvalue weighted by Crippen LogP contribution is -2.34. The van der Waals surface area contributed by atoms with Crippen LogP contribution >= 0.6 is 0 Å². The van der Waals surface area contributed by atoms with Gasteiger partial charge in [0.1, 0.15) is 5.75 Å². The molecule has 0 bridgehead atoms. The van der Waals surface area contributed by atoms with E-state index in [0.717, 1.165) is 16.3 Å². The molecule has 172 valence electrons. The van der Waals surface area contributed by atoms with E-state index in [1.165, 1.54) is 0 Å². The molecule has 0 heterocycles. The molecule has 0 fully saturated rings. The molecule has 0 aliphatic carbocycles. The summed E-state index contributed by atoms with van der Waals surface area (Å²) >= 11 is 0. The standard InChI is InChI=1S/C29H28N2O3/c1-3-27(34-24-18-17-22-13-7-8-14-23(22)19-24)29(33)31-26-16-10-9-15-25(26)28(32)30-20(2)21-11-5-4-6-12-21/h4-20,27H,3H2,1-2H3,(H,30,32)(H,31,33)/t20-,27+/m1/s1. The number of ether oxygens (including phenoxy) is 1. The smallest absolute Gasteiger partial charge is 0.265 e. The highest BCUT2D eigenvalue weighted by atomic mass is 16.5. The van der Waals surface area contributed by atoms with Gasteiger partial charge in [-0.25, -0.2) is 0 Å². The second-order valence-corrected chi connectivity index (χ2v) is 8.16. The molecule has 5 nitrogen and oxygen atoms in total. The molecule has 4 rings (SSSR count). The molecule has 4 aromatic rings. The number of anilines is 1. The average molecular weight is 453 g/mol. The molecule has 0 aliphatic heterocycles. The summed E-state index contributed by atoms with van der Waals surface area (Å²) in [7, 11) is 0. The van der Waals surface area contributed by atoms with E-state index in [9.17, 15) is 9.59 Å². The molecule has 0 aromatic heterocycles. The molecule has 2 amide bonds. The number of hydrogen-bond acceptors (Lipinski definition) is 3. The largest absolute Gasteiger partial charge is 0.481 e. The quantitative estimate of drug-likeness (QED) is 0.338. The van der Waals surface area contributed by atoms with Gasteiger partial charge in [0, 0.05) is 0 Å². The van der Waals surface area contributed by atoms with Crippen LogP contribution in [0.25, 0.3) is 10.8 Å². The summed E-state index contributed by atoms with van der Waals surface area (Å²) in [6, 6.07) is 30.3. The van der Waals surface area contributed by atoms with Crippen molar-refractivity contribution < 1.29 is 14.3 Å². The molecule has 5 heteroatoms. The molecule has 34 heavy (non-hydrogen) atoms. The first-order chi connectivity index (χ1) is 16.5. The van der Waals surface area contributed by atoms with Gasteiger partial charge >= 0.3 is 0 Å². The molecule has 2 N–H and O–H groups in total. The maximum atomic E-state index is 13.1. The molecule has 0 saturated carbocycles. The minimum Gasteiger partial charge on any atom is -0.481 e. The van der Waals surface area contributed by atoms with Gasteiger partial charge in [-0.15, -0.1) is 0 Å². The second kappa shape index (κ2) is 10.7. The number of nitrogens with one attached hydrogen (secondary N) is 2. The Morgan fingerprint density at radius 3 is 2.26 bits per heavy atom. The average Bonchev–Trinajstić information content (AvgIpc) is 2.87. The first-order valence-electron chi connectivity index (χ1n) is 11.5. The van der Waals surface area contributed by atoms with Crippen LogP contribution in [0.3, 0.4) is 0 Å². The SMILES string of the molecule is CC[C@H](Oc1ccc2ccccc2c1)C(=O)Nc1ccccc1C(=O)N[C@H](C)c1ccccc1. The molecular weight excluding hydrogens is 424 g/mol. The third-order valence-corrected chi connectivity index (χ3v) is 5.74. The van der Waals surface area contributed by atoms with E-state index in [-0.39, 0.29) is 17.9 Å².